The van der Waals surface area contributed by atoms with Crippen LogP contribution < -0.4 is 5.46 Å². The Kier molecular flexibility index (Phi) is 3.86. The lowest BCUT2D eigenvalue weighted by Gasteiger charge is -2.57. The Balaban J connectivity index is 1.46. The van der Waals surface area contributed by atoms with Gasteiger partial charge in [-0.3, -0.25) is 4.79 Å². The summed E-state index contributed by atoms with van der Waals surface area (Å²) in [5.41, 5.74) is 2.06. The molecule has 1 N–H and O–H groups in total. The normalized spacial score (nSPS) is 25.9. The molecule has 140 valence electrons. The van der Waals surface area contributed by atoms with Crippen molar-refractivity contribution in [2.24, 2.45) is 5.41 Å². The molecule has 2 saturated heterocycles. The first-order chi connectivity index (χ1) is 12.0. The zero-order chi connectivity index (χ0) is 18.9. The first-order valence-corrected chi connectivity index (χ1v) is 9.46. The highest BCUT2D eigenvalue weighted by Crippen LogP contribution is 2.48. The molecule has 4 rings (SSSR count). The van der Waals surface area contributed by atoms with E-state index in [1.54, 1.807) is 0 Å². The first-order valence-electron chi connectivity index (χ1n) is 9.46. The van der Waals surface area contributed by atoms with Crippen molar-refractivity contribution in [2.45, 2.75) is 64.8 Å². The maximum atomic E-state index is 12.8. The monoisotopic (exact) mass is 357 g/mol. The Labute approximate surface area is 155 Å². The second kappa shape index (κ2) is 5.57. The molecule has 2 aliphatic heterocycles. The largest absolute Gasteiger partial charge is 0.494 e. The van der Waals surface area contributed by atoms with E-state index in [-0.39, 0.29) is 28.6 Å². The minimum atomic E-state index is -0.411. The quantitative estimate of drug-likeness (QED) is 0.822. The first kappa shape index (κ1) is 18.0. The highest BCUT2D eigenvalue weighted by molar-refractivity contribution is 6.62. The smallest absolute Gasteiger partial charge is 0.399 e. The maximum absolute atomic E-state index is 12.8. The van der Waals surface area contributed by atoms with Crippen LogP contribution in [0.3, 0.4) is 0 Å². The highest BCUT2D eigenvalue weighted by atomic mass is 16.7. The fourth-order valence-electron chi connectivity index (χ4n) is 4.33. The Hall–Kier alpha value is -1.37. The third kappa shape index (κ3) is 2.70. The molecule has 1 aliphatic carbocycles. The van der Waals surface area contributed by atoms with Gasteiger partial charge in [-0.15, -0.1) is 0 Å². The van der Waals surface area contributed by atoms with Crippen LogP contribution in [0.4, 0.5) is 0 Å². The molecule has 1 aromatic carbocycles. The van der Waals surface area contributed by atoms with Gasteiger partial charge in [-0.05, 0) is 64.6 Å². The van der Waals surface area contributed by atoms with E-state index in [9.17, 15) is 9.90 Å². The Bertz CT molecular complexity index is 730. The molecule has 1 amide bonds. The van der Waals surface area contributed by atoms with Crippen molar-refractivity contribution in [1.29, 1.82) is 0 Å². The van der Waals surface area contributed by atoms with Crippen LogP contribution in [-0.4, -0.2) is 53.4 Å². The summed E-state index contributed by atoms with van der Waals surface area (Å²) in [5, 5.41) is 9.52. The van der Waals surface area contributed by atoms with Gasteiger partial charge in [0.2, 0.25) is 0 Å². The molecule has 26 heavy (non-hydrogen) atoms. The van der Waals surface area contributed by atoms with E-state index in [2.05, 4.69) is 0 Å². The number of carbonyl (C=O) groups is 1. The number of hydrogen-bond donors (Lipinski definition) is 1. The molecular weight excluding hydrogens is 329 g/mol. The van der Waals surface area contributed by atoms with Gasteiger partial charge in [0.25, 0.3) is 5.91 Å². The zero-order valence-electron chi connectivity index (χ0n) is 16.3. The van der Waals surface area contributed by atoms with Crippen LogP contribution in [0.15, 0.2) is 18.2 Å². The van der Waals surface area contributed by atoms with Gasteiger partial charge in [0.1, 0.15) is 0 Å². The standard InChI is InChI=1S/C20H28BNO4/c1-13-8-14(21-25-18(2,3)19(4,5)26-21)6-7-16(13)17(24)22-11-20(12-22)9-15(23)10-20/h6-8,15,23H,9-12H2,1-5H3. The second-order valence-electron chi connectivity index (χ2n) is 9.39. The minimum Gasteiger partial charge on any atom is -0.399 e. The van der Waals surface area contributed by atoms with Crippen LogP contribution in [0.1, 0.15) is 56.5 Å². The molecular formula is C20H28BNO4. The number of nitrogens with zero attached hydrogens (tertiary/aromatic N) is 1. The molecule has 0 aromatic heterocycles. The second-order valence-corrected chi connectivity index (χ2v) is 9.39. The summed E-state index contributed by atoms with van der Waals surface area (Å²) in [7, 11) is -0.411. The predicted octanol–water partition coefficient (Wildman–Crippen LogP) is 1.89. The molecule has 2 heterocycles. The van der Waals surface area contributed by atoms with Crippen molar-refractivity contribution in [2.75, 3.05) is 13.1 Å². The third-order valence-corrected chi connectivity index (χ3v) is 6.68. The van der Waals surface area contributed by atoms with E-state index >= 15 is 0 Å². The van der Waals surface area contributed by atoms with Gasteiger partial charge in [0, 0.05) is 24.1 Å². The van der Waals surface area contributed by atoms with Crippen molar-refractivity contribution in [3.8, 4) is 0 Å². The van der Waals surface area contributed by atoms with Gasteiger partial charge in [0.15, 0.2) is 0 Å². The number of carbonyl (C=O) groups excluding carboxylic acids is 1. The molecule has 0 atom stereocenters. The molecule has 1 spiro atoms. The zero-order valence-corrected chi connectivity index (χ0v) is 16.3. The van der Waals surface area contributed by atoms with Gasteiger partial charge < -0.3 is 19.3 Å². The molecule has 0 bridgehead atoms. The predicted molar refractivity (Wildman–Crippen MR) is 100 cm³/mol. The number of rotatable bonds is 2. The molecule has 1 saturated carbocycles. The Morgan fingerprint density at radius 3 is 2.23 bits per heavy atom. The summed E-state index contributed by atoms with van der Waals surface area (Å²) >= 11 is 0. The molecule has 6 heteroatoms. The topological polar surface area (TPSA) is 59.0 Å². The van der Waals surface area contributed by atoms with E-state index in [0.29, 0.717) is 0 Å². The molecule has 0 radical (unpaired) electrons. The fourth-order valence-corrected chi connectivity index (χ4v) is 4.33. The van der Waals surface area contributed by atoms with Gasteiger partial charge in [-0.1, -0.05) is 12.1 Å². The fraction of sp³-hybridized carbons (Fsp3) is 0.650. The van der Waals surface area contributed by atoms with Crippen LogP contribution in [0.5, 0.6) is 0 Å². The summed E-state index contributed by atoms with van der Waals surface area (Å²) in [5.74, 6) is 0.0787. The minimum absolute atomic E-state index is 0.0787. The Morgan fingerprint density at radius 2 is 1.73 bits per heavy atom. The average Bonchev–Trinajstić information content (AvgIpc) is 2.69. The van der Waals surface area contributed by atoms with Crippen molar-refractivity contribution in [1.82, 2.24) is 4.90 Å². The number of likely N-dealkylation sites (tertiary alicyclic amines) is 1. The lowest BCUT2D eigenvalue weighted by molar-refractivity contribution is -0.113. The summed E-state index contributed by atoms with van der Waals surface area (Å²) < 4.78 is 12.2. The number of aryl methyl sites for hydroxylation is 1. The van der Waals surface area contributed by atoms with Crippen molar-refractivity contribution in [3.05, 3.63) is 29.3 Å². The molecule has 5 nitrogen and oxygen atoms in total. The SMILES string of the molecule is Cc1cc(B2OC(C)(C)C(C)(C)O2)ccc1C(=O)N1CC2(CC(O)C2)C1. The van der Waals surface area contributed by atoms with E-state index in [4.69, 9.17) is 9.31 Å². The van der Waals surface area contributed by atoms with Gasteiger partial charge in [-0.25, -0.2) is 0 Å². The van der Waals surface area contributed by atoms with Crippen LogP contribution in [0, 0.1) is 12.3 Å². The van der Waals surface area contributed by atoms with Crippen LogP contribution in [0.25, 0.3) is 0 Å². The van der Waals surface area contributed by atoms with Crippen molar-refractivity contribution in [3.63, 3.8) is 0 Å². The average molecular weight is 357 g/mol. The maximum Gasteiger partial charge on any atom is 0.494 e. The third-order valence-electron chi connectivity index (χ3n) is 6.68. The molecule has 3 fully saturated rings. The van der Waals surface area contributed by atoms with Crippen LogP contribution >= 0.6 is 0 Å². The van der Waals surface area contributed by atoms with E-state index in [1.807, 2.05) is 57.7 Å². The van der Waals surface area contributed by atoms with Gasteiger partial charge >= 0.3 is 7.12 Å². The number of benzene rings is 1. The van der Waals surface area contributed by atoms with Gasteiger partial charge in [0.05, 0.1) is 17.3 Å². The number of aliphatic hydroxyl groups excluding tert-OH is 1. The van der Waals surface area contributed by atoms with Crippen LogP contribution in [0.2, 0.25) is 0 Å². The summed E-state index contributed by atoms with van der Waals surface area (Å²) in [4.78, 5) is 14.7. The van der Waals surface area contributed by atoms with E-state index in [1.165, 1.54) is 0 Å². The number of amides is 1. The highest BCUT2D eigenvalue weighted by Gasteiger charge is 2.54. The summed E-state index contributed by atoms with van der Waals surface area (Å²) in [6, 6.07) is 5.82. The summed E-state index contributed by atoms with van der Waals surface area (Å²) in [6.45, 7) is 11.6. The Morgan fingerprint density at radius 1 is 1.15 bits per heavy atom. The molecule has 0 unspecified atom stereocenters. The summed E-state index contributed by atoms with van der Waals surface area (Å²) in [6.07, 6.45) is 1.49. The number of aliphatic hydroxyl groups is 1. The molecule has 1 aromatic rings. The van der Waals surface area contributed by atoms with Crippen LogP contribution in [-0.2, 0) is 9.31 Å². The van der Waals surface area contributed by atoms with E-state index < -0.39 is 7.12 Å². The molecule has 3 aliphatic rings. The lowest BCUT2D eigenvalue weighted by Crippen LogP contribution is -2.65. The van der Waals surface area contributed by atoms with Crippen molar-refractivity contribution >= 4 is 18.5 Å². The lowest BCUT2D eigenvalue weighted by atomic mass is 9.62. The van der Waals surface area contributed by atoms with Gasteiger partial charge in [-0.2, -0.15) is 0 Å². The van der Waals surface area contributed by atoms with E-state index in [0.717, 1.165) is 42.5 Å². The van der Waals surface area contributed by atoms with Crippen molar-refractivity contribution < 1.29 is 19.2 Å². The number of hydrogen-bond acceptors (Lipinski definition) is 4.